The Morgan fingerprint density at radius 1 is 1.20 bits per heavy atom. The van der Waals surface area contributed by atoms with Crippen molar-refractivity contribution in [2.75, 3.05) is 19.7 Å². The van der Waals surface area contributed by atoms with Crippen LogP contribution in [0, 0.1) is 5.92 Å². The van der Waals surface area contributed by atoms with Gasteiger partial charge < -0.3 is 9.64 Å². The van der Waals surface area contributed by atoms with Crippen LogP contribution >= 0.6 is 15.9 Å². The van der Waals surface area contributed by atoms with E-state index in [1.165, 1.54) is 12.8 Å². The van der Waals surface area contributed by atoms with Gasteiger partial charge >= 0.3 is 0 Å². The molecule has 3 nitrogen and oxygen atoms in total. The summed E-state index contributed by atoms with van der Waals surface area (Å²) in [4.78, 5) is 14.5. The molecule has 1 amide bonds. The summed E-state index contributed by atoms with van der Waals surface area (Å²) >= 11 is 3.44. The predicted octanol–water partition coefficient (Wildman–Crippen LogP) is 3.54. The maximum absolute atomic E-state index is 12.5. The molecule has 2 fully saturated rings. The summed E-state index contributed by atoms with van der Waals surface area (Å²) in [6.07, 6.45) is 4.56. The van der Waals surface area contributed by atoms with Crippen LogP contribution < -0.4 is 0 Å². The lowest BCUT2D eigenvalue weighted by Crippen LogP contribution is -2.44. The SMILES string of the molecule is O=C(C1CCCC1)N1CCOC(c2ccc(Br)cc2)C1. The highest BCUT2D eigenvalue weighted by molar-refractivity contribution is 9.10. The molecule has 0 N–H and O–H groups in total. The first-order valence-electron chi connectivity index (χ1n) is 7.40. The predicted molar refractivity (Wildman–Crippen MR) is 81.4 cm³/mol. The van der Waals surface area contributed by atoms with Crippen LogP contribution in [0.4, 0.5) is 0 Å². The number of morpholine rings is 1. The highest BCUT2D eigenvalue weighted by Crippen LogP contribution is 2.29. The molecule has 3 rings (SSSR count). The standard InChI is InChI=1S/C16H20BrNO2/c17-14-7-5-12(6-8-14)15-11-18(9-10-20-15)16(19)13-3-1-2-4-13/h5-8,13,15H,1-4,9-11H2. The molecule has 1 heterocycles. The van der Waals surface area contributed by atoms with E-state index in [4.69, 9.17) is 4.74 Å². The van der Waals surface area contributed by atoms with Crippen molar-refractivity contribution in [2.45, 2.75) is 31.8 Å². The third-order valence-corrected chi connectivity index (χ3v) is 4.85. The van der Waals surface area contributed by atoms with Crippen molar-refractivity contribution in [2.24, 2.45) is 5.92 Å². The Kier molecular flexibility index (Phi) is 4.41. The van der Waals surface area contributed by atoms with E-state index in [1.807, 2.05) is 17.0 Å². The van der Waals surface area contributed by atoms with Gasteiger partial charge in [0.05, 0.1) is 13.2 Å². The lowest BCUT2D eigenvalue weighted by atomic mass is 10.0. The zero-order valence-corrected chi connectivity index (χ0v) is 13.1. The van der Waals surface area contributed by atoms with E-state index < -0.39 is 0 Å². The van der Waals surface area contributed by atoms with Gasteiger partial charge in [-0.2, -0.15) is 0 Å². The molecule has 0 bridgehead atoms. The molecule has 1 saturated carbocycles. The van der Waals surface area contributed by atoms with Crippen molar-refractivity contribution in [1.29, 1.82) is 0 Å². The minimum absolute atomic E-state index is 0.0159. The molecule has 2 aliphatic rings. The van der Waals surface area contributed by atoms with Crippen LogP contribution in [0.1, 0.15) is 37.4 Å². The number of carbonyl (C=O) groups is 1. The number of nitrogens with zero attached hydrogens (tertiary/aromatic N) is 1. The Labute approximate surface area is 128 Å². The Morgan fingerprint density at radius 2 is 1.90 bits per heavy atom. The number of halogens is 1. The van der Waals surface area contributed by atoms with Gasteiger partial charge in [-0.25, -0.2) is 0 Å². The third-order valence-electron chi connectivity index (χ3n) is 4.32. The Balaban J connectivity index is 1.66. The summed E-state index contributed by atoms with van der Waals surface area (Å²) in [5.74, 6) is 0.603. The molecular weight excluding hydrogens is 318 g/mol. The highest BCUT2D eigenvalue weighted by Gasteiger charge is 2.31. The van der Waals surface area contributed by atoms with E-state index in [2.05, 4.69) is 28.1 Å². The van der Waals surface area contributed by atoms with Gasteiger partial charge in [0.25, 0.3) is 0 Å². The molecule has 1 aliphatic heterocycles. The van der Waals surface area contributed by atoms with Crippen LogP contribution in [0.5, 0.6) is 0 Å². The first-order chi connectivity index (χ1) is 9.74. The van der Waals surface area contributed by atoms with Crippen molar-refractivity contribution >= 4 is 21.8 Å². The van der Waals surface area contributed by atoms with Crippen LogP contribution in [-0.4, -0.2) is 30.5 Å². The number of carbonyl (C=O) groups excluding carboxylic acids is 1. The molecule has 108 valence electrons. The Bertz CT molecular complexity index is 468. The molecule has 0 radical (unpaired) electrons. The maximum atomic E-state index is 12.5. The minimum Gasteiger partial charge on any atom is -0.370 e. The van der Waals surface area contributed by atoms with Gasteiger partial charge in [0.15, 0.2) is 0 Å². The molecule has 1 atom stereocenters. The second-order valence-corrected chi connectivity index (χ2v) is 6.59. The molecule has 0 spiro atoms. The molecule has 20 heavy (non-hydrogen) atoms. The van der Waals surface area contributed by atoms with Crippen molar-refractivity contribution in [3.8, 4) is 0 Å². The number of hydrogen-bond donors (Lipinski definition) is 0. The molecule has 4 heteroatoms. The summed E-state index contributed by atoms with van der Waals surface area (Å²) in [6.45, 7) is 2.07. The second kappa shape index (κ2) is 6.27. The minimum atomic E-state index is 0.0159. The average molecular weight is 338 g/mol. The van der Waals surface area contributed by atoms with Crippen LogP contribution in [0.25, 0.3) is 0 Å². The fourth-order valence-corrected chi connectivity index (χ4v) is 3.42. The molecule has 1 aliphatic carbocycles. The average Bonchev–Trinajstić information content (AvgIpc) is 3.01. The summed E-state index contributed by atoms with van der Waals surface area (Å²) in [5, 5.41) is 0. The van der Waals surface area contributed by atoms with Gasteiger partial charge in [-0.3, -0.25) is 4.79 Å². The largest absolute Gasteiger partial charge is 0.370 e. The quantitative estimate of drug-likeness (QED) is 0.826. The van der Waals surface area contributed by atoms with E-state index >= 15 is 0 Å². The van der Waals surface area contributed by atoms with Gasteiger partial charge in [-0.1, -0.05) is 40.9 Å². The van der Waals surface area contributed by atoms with Crippen molar-refractivity contribution < 1.29 is 9.53 Å². The lowest BCUT2D eigenvalue weighted by Gasteiger charge is -2.34. The lowest BCUT2D eigenvalue weighted by molar-refractivity contribution is -0.143. The van der Waals surface area contributed by atoms with Crippen molar-refractivity contribution in [1.82, 2.24) is 4.90 Å². The van der Waals surface area contributed by atoms with Gasteiger partial charge in [-0.15, -0.1) is 0 Å². The van der Waals surface area contributed by atoms with Gasteiger partial charge in [0.1, 0.15) is 6.10 Å². The number of amides is 1. The van der Waals surface area contributed by atoms with Crippen LogP contribution in [0.2, 0.25) is 0 Å². The summed E-state index contributed by atoms with van der Waals surface area (Å²) in [5.41, 5.74) is 1.15. The van der Waals surface area contributed by atoms with Gasteiger partial charge in [-0.05, 0) is 30.5 Å². The molecule has 1 aromatic carbocycles. The molecule has 1 aromatic rings. The summed E-state index contributed by atoms with van der Waals surface area (Å²) in [6, 6.07) is 8.18. The zero-order valence-electron chi connectivity index (χ0n) is 11.6. The number of benzene rings is 1. The highest BCUT2D eigenvalue weighted by atomic mass is 79.9. The van der Waals surface area contributed by atoms with Gasteiger partial charge in [0, 0.05) is 16.9 Å². The van der Waals surface area contributed by atoms with Crippen molar-refractivity contribution in [3.63, 3.8) is 0 Å². The van der Waals surface area contributed by atoms with E-state index in [1.54, 1.807) is 0 Å². The molecular formula is C16H20BrNO2. The van der Waals surface area contributed by atoms with Crippen LogP contribution in [-0.2, 0) is 9.53 Å². The number of rotatable bonds is 2. The first-order valence-corrected chi connectivity index (χ1v) is 8.19. The normalized spacial score (nSPS) is 24.1. The Hall–Kier alpha value is -0.870. The second-order valence-electron chi connectivity index (χ2n) is 5.68. The summed E-state index contributed by atoms with van der Waals surface area (Å²) < 4.78 is 6.90. The maximum Gasteiger partial charge on any atom is 0.225 e. The topological polar surface area (TPSA) is 29.5 Å². The fourth-order valence-electron chi connectivity index (χ4n) is 3.16. The third kappa shape index (κ3) is 3.07. The monoisotopic (exact) mass is 337 g/mol. The Morgan fingerprint density at radius 3 is 2.60 bits per heavy atom. The fraction of sp³-hybridized carbons (Fsp3) is 0.562. The van der Waals surface area contributed by atoms with E-state index in [0.717, 1.165) is 29.4 Å². The van der Waals surface area contributed by atoms with E-state index in [-0.39, 0.29) is 12.0 Å². The molecule has 0 aromatic heterocycles. The van der Waals surface area contributed by atoms with E-state index in [0.29, 0.717) is 19.1 Å². The van der Waals surface area contributed by atoms with E-state index in [9.17, 15) is 4.79 Å². The summed E-state index contributed by atoms with van der Waals surface area (Å²) in [7, 11) is 0. The molecule has 1 unspecified atom stereocenters. The van der Waals surface area contributed by atoms with Crippen molar-refractivity contribution in [3.05, 3.63) is 34.3 Å². The van der Waals surface area contributed by atoms with Crippen LogP contribution in [0.15, 0.2) is 28.7 Å². The molecule has 1 saturated heterocycles. The zero-order chi connectivity index (χ0) is 13.9. The number of ether oxygens (including phenoxy) is 1. The van der Waals surface area contributed by atoms with Crippen LogP contribution in [0.3, 0.4) is 0 Å². The number of hydrogen-bond acceptors (Lipinski definition) is 2. The first kappa shape index (κ1) is 14.1. The van der Waals surface area contributed by atoms with Gasteiger partial charge in [0.2, 0.25) is 5.91 Å². The smallest absolute Gasteiger partial charge is 0.225 e.